The lowest BCUT2D eigenvalue weighted by atomic mass is 9.64. The van der Waals surface area contributed by atoms with Gasteiger partial charge in [0.1, 0.15) is 0 Å². The van der Waals surface area contributed by atoms with E-state index in [9.17, 15) is 4.79 Å². The average Bonchev–Trinajstić information content (AvgIpc) is 2.84. The smallest absolute Gasteiger partial charge is 0.226 e. The molecule has 21 heavy (non-hydrogen) atoms. The molecule has 0 saturated heterocycles. The molecule has 110 valence electrons. The molecule has 3 rings (SSSR count). The highest BCUT2D eigenvalue weighted by atomic mass is 32.1. The lowest BCUT2D eigenvalue weighted by molar-refractivity contribution is -0.120. The normalized spacial score (nSPS) is 16.2. The van der Waals surface area contributed by atoms with Crippen molar-refractivity contribution in [3.63, 3.8) is 0 Å². The minimum atomic E-state index is 0.0718. The number of benzene rings is 1. The Labute approximate surface area is 129 Å². The molecule has 1 amide bonds. The van der Waals surface area contributed by atoms with Crippen LogP contribution < -0.4 is 5.32 Å². The number of rotatable bonds is 5. The second kappa shape index (κ2) is 5.98. The van der Waals surface area contributed by atoms with Gasteiger partial charge < -0.3 is 5.32 Å². The van der Waals surface area contributed by atoms with Gasteiger partial charge in [-0.05, 0) is 25.3 Å². The second-order valence-corrected chi connectivity index (χ2v) is 6.87. The van der Waals surface area contributed by atoms with Gasteiger partial charge in [0.25, 0.3) is 0 Å². The number of nitrogens with zero attached hydrogens (tertiary/aromatic N) is 1. The Kier molecular flexibility index (Phi) is 4.06. The van der Waals surface area contributed by atoms with E-state index in [1.807, 2.05) is 18.4 Å². The molecule has 0 radical (unpaired) electrons. The summed E-state index contributed by atoms with van der Waals surface area (Å²) in [6.07, 6.45) is 3.95. The van der Waals surface area contributed by atoms with Crippen LogP contribution in [0.25, 0.3) is 0 Å². The van der Waals surface area contributed by atoms with Crippen LogP contribution in [0, 0.1) is 6.92 Å². The number of aromatic nitrogens is 1. The highest BCUT2D eigenvalue weighted by Crippen LogP contribution is 2.43. The molecular formula is C17H20N2OS. The van der Waals surface area contributed by atoms with Crippen molar-refractivity contribution in [2.24, 2.45) is 0 Å². The minimum Gasteiger partial charge on any atom is -0.355 e. The van der Waals surface area contributed by atoms with E-state index in [0.717, 1.165) is 30.1 Å². The number of carbonyl (C=O) groups is 1. The van der Waals surface area contributed by atoms with Crippen LogP contribution in [0.1, 0.15) is 35.5 Å². The van der Waals surface area contributed by atoms with Crippen LogP contribution in [-0.4, -0.2) is 17.4 Å². The quantitative estimate of drug-likeness (QED) is 0.921. The maximum atomic E-state index is 12.1. The Bertz CT molecular complexity index is 617. The molecule has 0 aliphatic heterocycles. The van der Waals surface area contributed by atoms with Gasteiger partial charge in [-0.2, -0.15) is 0 Å². The predicted octanol–water partition coefficient (Wildman–Crippen LogP) is 3.23. The topological polar surface area (TPSA) is 42.0 Å². The summed E-state index contributed by atoms with van der Waals surface area (Å²) >= 11 is 1.59. The van der Waals surface area contributed by atoms with E-state index >= 15 is 0 Å². The van der Waals surface area contributed by atoms with Crippen molar-refractivity contribution >= 4 is 17.2 Å². The standard InChI is InChI=1S/C17H20N2OS/c1-13-19-15(11-21-13)10-16(20)18-12-17(8-5-9-17)14-6-3-2-4-7-14/h2-4,6-7,11H,5,8-10,12H2,1H3,(H,18,20). The Hall–Kier alpha value is -1.68. The highest BCUT2D eigenvalue weighted by Gasteiger charge is 2.38. The molecule has 1 fully saturated rings. The van der Waals surface area contributed by atoms with Crippen LogP contribution >= 0.6 is 11.3 Å². The first kappa shape index (κ1) is 14.3. The Morgan fingerprint density at radius 2 is 2.10 bits per heavy atom. The van der Waals surface area contributed by atoms with E-state index in [2.05, 4.69) is 34.6 Å². The van der Waals surface area contributed by atoms with E-state index < -0.39 is 0 Å². The highest BCUT2D eigenvalue weighted by molar-refractivity contribution is 7.09. The lowest BCUT2D eigenvalue weighted by Gasteiger charge is -2.42. The van der Waals surface area contributed by atoms with Gasteiger partial charge in [-0.15, -0.1) is 11.3 Å². The van der Waals surface area contributed by atoms with Crippen LogP contribution in [0.3, 0.4) is 0 Å². The summed E-state index contributed by atoms with van der Waals surface area (Å²) < 4.78 is 0. The van der Waals surface area contributed by atoms with Crippen LogP contribution in [0.4, 0.5) is 0 Å². The molecule has 0 bridgehead atoms. The number of thiazole rings is 1. The van der Waals surface area contributed by atoms with Crippen LogP contribution in [-0.2, 0) is 16.6 Å². The molecule has 1 saturated carbocycles. The molecular weight excluding hydrogens is 280 g/mol. The van der Waals surface area contributed by atoms with Crippen molar-refractivity contribution in [3.8, 4) is 0 Å². The summed E-state index contributed by atoms with van der Waals surface area (Å²) in [6.45, 7) is 2.70. The molecule has 1 aromatic carbocycles. The van der Waals surface area contributed by atoms with Gasteiger partial charge in [-0.25, -0.2) is 4.98 Å². The molecule has 1 aliphatic rings. The molecule has 0 spiro atoms. The number of carbonyl (C=O) groups excluding carboxylic acids is 1. The molecule has 1 N–H and O–H groups in total. The maximum absolute atomic E-state index is 12.1. The Balaban J connectivity index is 1.59. The van der Waals surface area contributed by atoms with Gasteiger partial charge in [-0.1, -0.05) is 36.8 Å². The third kappa shape index (κ3) is 3.16. The fraction of sp³-hybridized carbons (Fsp3) is 0.412. The average molecular weight is 300 g/mol. The number of hydrogen-bond donors (Lipinski definition) is 1. The maximum Gasteiger partial charge on any atom is 0.226 e. The van der Waals surface area contributed by atoms with Crippen molar-refractivity contribution in [2.75, 3.05) is 6.54 Å². The van der Waals surface area contributed by atoms with Gasteiger partial charge >= 0.3 is 0 Å². The first-order valence-corrected chi connectivity index (χ1v) is 8.29. The largest absolute Gasteiger partial charge is 0.355 e. The van der Waals surface area contributed by atoms with Crippen molar-refractivity contribution in [1.29, 1.82) is 0 Å². The van der Waals surface area contributed by atoms with E-state index in [0.29, 0.717) is 6.42 Å². The predicted molar refractivity (Wildman–Crippen MR) is 85.5 cm³/mol. The Morgan fingerprint density at radius 3 is 2.67 bits per heavy atom. The van der Waals surface area contributed by atoms with E-state index in [1.165, 1.54) is 12.0 Å². The molecule has 0 atom stereocenters. The zero-order valence-electron chi connectivity index (χ0n) is 12.3. The van der Waals surface area contributed by atoms with Crippen molar-refractivity contribution in [1.82, 2.24) is 10.3 Å². The minimum absolute atomic E-state index is 0.0718. The second-order valence-electron chi connectivity index (χ2n) is 5.81. The number of amides is 1. The third-order valence-corrected chi connectivity index (χ3v) is 5.15. The summed E-state index contributed by atoms with van der Waals surface area (Å²) in [5, 5.41) is 6.08. The van der Waals surface area contributed by atoms with Gasteiger partial charge in [0, 0.05) is 17.3 Å². The zero-order valence-corrected chi connectivity index (χ0v) is 13.1. The monoisotopic (exact) mass is 300 g/mol. The molecule has 1 aromatic heterocycles. The molecule has 0 unspecified atom stereocenters. The summed E-state index contributed by atoms with van der Waals surface area (Å²) in [4.78, 5) is 16.4. The van der Waals surface area contributed by atoms with Gasteiger partial charge in [0.15, 0.2) is 0 Å². The van der Waals surface area contributed by atoms with E-state index in [4.69, 9.17) is 0 Å². The fourth-order valence-electron chi connectivity index (χ4n) is 2.95. The molecule has 2 aromatic rings. The van der Waals surface area contributed by atoms with Crippen LogP contribution in [0.15, 0.2) is 35.7 Å². The number of nitrogens with one attached hydrogen (secondary N) is 1. The lowest BCUT2D eigenvalue weighted by Crippen LogP contribution is -2.45. The van der Waals surface area contributed by atoms with Gasteiger partial charge in [0.2, 0.25) is 5.91 Å². The van der Waals surface area contributed by atoms with Crippen LogP contribution in [0.2, 0.25) is 0 Å². The van der Waals surface area contributed by atoms with Crippen LogP contribution in [0.5, 0.6) is 0 Å². The molecule has 1 aliphatic carbocycles. The fourth-order valence-corrected chi connectivity index (χ4v) is 3.56. The first-order valence-electron chi connectivity index (χ1n) is 7.41. The van der Waals surface area contributed by atoms with E-state index in [-0.39, 0.29) is 11.3 Å². The van der Waals surface area contributed by atoms with E-state index in [1.54, 1.807) is 11.3 Å². The number of aryl methyl sites for hydroxylation is 1. The molecule has 3 nitrogen and oxygen atoms in total. The SMILES string of the molecule is Cc1nc(CC(=O)NCC2(c3ccccc3)CCC2)cs1. The molecule has 4 heteroatoms. The van der Waals surface area contributed by atoms with Gasteiger partial charge in [-0.3, -0.25) is 4.79 Å². The Morgan fingerprint density at radius 1 is 1.33 bits per heavy atom. The summed E-state index contributed by atoms with van der Waals surface area (Å²) in [6, 6.07) is 10.5. The number of hydrogen-bond acceptors (Lipinski definition) is 3. The summed E-state index contributed by atoms with van der Waals surface area (Å²) in [5.41, 5.74) is 2.37. The first-order chi connectivity index (χ1) is 10.2. The van der Waals surface area contributed by atoms with Crippen molar-refractivity contribution < 1.29 is 4.79 Å². The third-order valence-electron chi connectivity index (χ3n) is 4.33. The van der Waals surface area contributed by atoms with Crippen molar-refractivity contribution in [3.05, 3.63) is 52.0 Å². The van der Waals surface area contributed by atoms with Crippen molar-refractivity contribution in [2.45, 2.75) is 38.0 Å². The zero-order chi connectivity index (χ0) is 14.7. The van der Waals surface area contributed by atoms with Gasteiger partial charge in [0.05, 0.1) is 17.1 Å². The summed E-state index contributed by atoms with van der Waals surface area (Å²) in [5.74, 6) is 0.0718. The molecule has 1 heterocycles. The summed E-state index contributed by atoms with van der Waals surface area (Å²) in [7, 11) is 0.